The van der Waals surface area contributed by atoms with E-state index in [1.807, 2.05) is 6.92 Å². The average Bonchev–Trinajstić information content (AvgIpc) is 2.55. The summed E-state index contributed by atoms with van der Waals surface area (Å²) in [5, 5.41) is 0. The van der Waals surface area contributed by atoms with Crippen molar-refractivity contribution in [1.82, 2.24) is 0 Å². The van der Waals surface area contributed by atoms with E-state index in [9.17, 15) is 4.79 Å². The van der Waals surface area contributed by atoms with Crippen LogP contribution in [0.1, 0.15) is 39.5 Å². The smallest absolute Gasteiger partial charge is 0.333 e. The lowest BCUT2D eigenvalue weighted by molar-refractivity contribution is -0.143. The Morgan fingerprint density at radius 1 is 1.42 bits per heavy atom. The van der Waals surface area contributed by atoms with Crippen molar-refractivity contribution in [3.63, 3.8) is 0 Å². The van der Waals surface area contributed by atoms with Gasteiger partial charge < -0.3 is 4.74 Å². The molecule has 0 radical (unpaired) electrons. The van der Waals surface area contributed by atoms with Crippen LogP contribution in [-0.4, -0.2) is 12.1 Å². The van der Waals surface area contributed by atoms with Gasteiger partial charge in [0.05, 0.1) is 0 Å². The number of ether oxygens (including phenoxy) is 1. The second kappa shape index (κ2) is 4.29. The highest BCUT2D eigenvalue weighted by Gasteiger charge is 2.19. The first-order chi connectivity index (χ1) is 5.74. The minimum atomic E-state index is -0.149. The van der Waals surface area contributed by atoms with Crippen molar-refractivity contribution >= 4 is 5.97 Å². The van der Waals surface area contributed by atoms with Crippen molar-refractivity contribution in [2.75, 3.05) is 0 Å². The van der Waals surface area contributed by atoms with Gasteiger partial charge in [-0.1, -0.05) is 6.08 Å². The second-order valence-corrected chi connectivity index (χ2v) is 3.28. The summed E-state index contributed by atoms with van der Waals surface area (Å²) in [7, 11) is 0. The molecular formula is C10H16O2. The van der Waals surface area contributed by atoms with Crippen LogP contribution in [0.25, 0.3) is 0 Å². The molecule has 0 saturated heterocycles. The Balaban J connectivity index is 2.35. The highest BCUT2D eigenvalue weighted by Crippen LogP contribution is 2.21. The first-order valence-electron chi connectivity index (χ1n) is 4.58. The zero-order valence-electron chi connectivity index (χ0n) is 7.80. The van der Waals surface area contributed by atoms with Gasteiger partial charge >= 0.3 is 5.97 Å². The van der Waals surface area contributed by atoms with Crippen LogP contribution in [0.2, 0.25) is 0 Å². The Morgan fingerprint density at radius 2 is 2.00 bits per heavy atom. The summed E-state index contributed by atoms with van der Waals surface area (Å²) < 4.78 is 5.26. The summed E-state index contributed by atoms with van der Waals surface area (Å²) in [5.74, 6) is -0.149. The van der Waals surface area contributed by atoms with Crippen molar-refractivity contribution in [2.45, 2.75) is 45.6 Å². The van der Waals surface area contributed by atoms with E-state index in [2.05, 4.69) is 0 Å². The van der Waals surface area contributed by atoms with Crippen LogP contribution in [-0.2, 0) is 9.53 Å². The summed E-state index contributed by atoms with van der Waals surface area (Å²) >= 11 is 0. The molecule has 2 nitrogen and oxygen atoms in total. The Kier molecular flexibility index (Phi) is 3.32. The molecule has 1 fully saturated rings. The van der Waals surface area contributed by atoms with Gasteiger partial charge in [0.25, 0.3) is 0 Å². The standard InChI is InChI=1S/C10H16O2/c1-3-8(2)10(11)12-9-6-4-5-7-9/h3,9H,4-7H2,1-2H3/b8-3+. The molecule has 1 aliphatic carbocycles. The summed E-state index contributed by atoms with van der Waals surface area (Å²) in [6, 6.07) is 0. The minimum absolute atomic E-state index is 0.149. The zero-order valence-corrected chi connectivity index (χ0v) is 7.80. The van der Waals surface area contributed by atoms with E-state index in [0.717, 1.165) is 12.8 Å². The van der Waals surface area contributed by atoms with Crippen molar-refractivity contribution < 1.29 is 9.53 Å². The van der Waals surface area contributed by atoms with Gasteiger partial charge in [0.2, 0.25) is 0 Å². The van der Waals surface area contributed by atoms with Gasteiger partial charge in [0.1, 0.15) is 6.10 Å². The number of carbonyl (C=O) groups excluding carboxylic acids is 1. The predicted octanol–water partition coefficient (Wildman–Crippen LogP) is 2.44. The van der Waals surface area contributed by atoms with E-state index in [-0.39, 0.29) is 12.1 Å². The molecule has 0 unspecified atom stereocenters. The first kappa shape index (κ1) is 9.30. The molecule has 1 aliphatic rings. The van der Waals surface area contributed by atoms with Crippen molar-refractivity contribution in [3.8, 4) is 0 Å². The van der Waals surface area contributed by atoms with Crippen LogP contribution in [0, 0.1) is 0 Å². The van der Waals surface area contributed by atoms with Gasteiger partial charge in [-0.15, -0.1) is 0 Å². The number of rotatable bonds is 2. The molecule has 0 aliphatic heterocycles. The van der Waals surface area contributed by atoms with Gasteiger partial charge in [0.15, 0.2) is 0 Å². The molecule has 1 rings (SSSR count). The van der Waals surface area contributed by atoms with Gasteiger partial charge in [0, 0.05) is 5.57 Å². The normalized spacial score (nSPS) is 19.7. The summed E-state index contributed by atoms with van der Waals surface area (Å²) in [6.45, 7) is 3.64. The maximum atomic E-state index is 11.2. The third-order valence-electron chi connectivity index (χ3n) is 2.33. The van der Waals surface area contributed by atoms with Crippen LogP contribution in [0.3, 0.4) is 0 Å². The van der Waals surface area contributed by atoms with Crippen LogP contribution >= 0.6 is 0 Å². The fraction of sp³-hybridized carbons (Fsp3) is 0.700. The molecule has 0 aromatic carbocycles. The molecule has 1 saturated carbocycles. The molecule has 0 heterocycles. The maximum Gasteiger partial charge on any atom is 0.333 e. The van der Waals surface area contributed by atoms with E-state index in [1.54, 1.807) is 13.0 Å². The van der Waals surface area contributed by atoms with Crippen LogP contribution in [0.5, 0.6) is 0 Å². The average molecular weight is 168 g/mol. The van der Waals surface area contributed by atoms with Crippen molar-refractivity contribution in [3.05, 3.63) is 11.6 Å². The molecule has 68 valence electrons. The van der Waals surface area contributed by atoms with Crippen LogP contribution in [0.4, 0.5) is 0 Å². The van der Waals surface area contributed by atoms with Crippen molar-refractivity contribution in [1.29, 1.82) is 0 Å². The zero-order chi connectivity index (χ0) is 8.97. The summed E-state index contributed by atoms with van der Waals surface area (Å²) in [6.07, 6.45) is 6.47. The molecule has 0 spiro atoms. The first-order valence-corrected chi connectivity index (χ1v) is 4.58. The highest BCUT2D eigenvalue weighted by atomic mass is 16.5. The van der Waals surface area contributed by atoms with Crippen molar-refractivity contribution in [2.24, 2.45) is 0 Å². The molecular weight excluding hydrogens is 152 g/mol. The van der Waals surface area contributed by atoms with Gasteiger partial charge in [-0.2, -0.15) is 0 Å². The quantitative estimate of drug-likeness (QED) is 0.467. The van der Waals surface area contributed by atoms with E-state index >= 15 is 0 Å². The number of hydrogen-bond acceptors (Lipinski definition) is 2. The van der Waals surface area contributed by atoms with E-state index < -0.39 is 0 Å². The molecule has 0 aromatic heterocycles. The third kappa shape index (κ3) is 2.36. The number of allylic oxidation sites excluding steroid dienone is 1. The summed E-state index contributed by atoms with van der Waals surface area (Å²) in [5.41, 5.74) is 0.710. The monoisotopic (exact) mass is 168 g/mol. The fourth-order valence-corrected chi connectivity index (χ4v) is 1.37. The molecule has 0 amide bonds. The lowest BCUT2D eigenvalue weighted by atomic mass is 10.3. The van der Waals surface area contributed by atoms with Gasteiger partial charge in [-0.3, -0.25) is 0 Å². The lowest BCUT2D eigenvalue weighted by Crippen LogP contribution is -2.15. The Bertz CT molecular complexity index is 188. The molecule has 0 aromatic rings. The second-order valence-electron chi connectivity index (χ2n) is 3.28. The minimum Gasteiger partial charge on any atom is -0.459 e. The van der Waals surface area contributed by atoms with E-state index in [1.165, 1.54) is 12.8 Å². The number of hydrogen-bond donors (Lipinski definition) is 0. The number of esters is 1. The van der Waals surface area contributed by atoms with E-state index in [4.69, 9.17) is 4.74 Å². The molecule has 0 N–H and O–H groups in total. The topological polar surface area (TPSA) is 26.3 Å². The Labute approximate surface area is 73.6 Å². The van der Waals surface area contributed by atoms with Gasteiger partial charge in [-0.25, -0.2) is 4.79 Å². The Hall–Kier alpha value is -0.790. The molecule has 2 heteroatoms. The van der Waals surface area contributed by atoms with Crippen LogP contribution in [0.15, 0.2) is 11.6 Å². The van der Waals surface area contributed by atoms with Gasteiger partial charge in [-0.05, 0) is 39.5 Å². The lowest BCUT2D eigenvalue weighted by Gasteiger charge is -2.10. The SMILES string of the molecule is C/C=C(\C)C(=O)OC1CCCC1. The van der Waals surface area contributed by atoms with Crippen LogP contribution < -0.4 is 0 Å². The molecule has 0 atom stereocenters. The fourth-order valence-electron chi connectivity index (χ4n) is 1.37. The maximum absolute atomic E-state index is 11.2. The predicted molar refractivity (Wildman–Crippen MR) is 47.8 cm³/mol. The third-order valence-corrected chi connectivity index (χ3v) is 2.33. The molecule has 12 heavy (non-hydrogen) atoms. The number of carbonyl (C=O) groups is 1. The molecule has 0 bridgehead atoms. The largest absolute Gasteiger partial charge is 0.459 e. The summed E-state index contributed by atoms with van der Waals surface area (Å²) in [4.78, 5) is 11.2. The van der Waals surface area contributed by atoms with E-state index in [0.29, 0.717) is 5.57 Å². The highest BCUT2D eigenvalue weighted by molar-refractivity contribution is 5.87. The Morgan fingerprint density at radius 3 is 2.50 bits per heavy atom.